The Bertz CT molecular complexity index is 757. The summed E-state index contributed by atoms with van der Waals surface area (Å²) in [5, 5.41) is 5.53. The minimum atomic E-state index is 0.403. The van der Waals surface area contributed by atoms with E-state index in [0.29, 0.717) is 18.5 Å². The summed E-state index contributed by atoms with van der Waals surface area (Å²) in [5.41, 5.74) is 2.13. The zero-order chi connectivity index (χ0) is 15.4. The molecule has 0 aliphatic heterocycles. The minimum Gasteiger partial charge on any atom is -0.472 e. The summed E-state index contributed by atoms with van der Waals surface area (Å²) in [6, 6.07) is 12.5. The number of nitrogens with zero attached hydrogens (tertiary/aromatic N) is 2. The molecule has 0 saturated carbocycles. The van der Waals surface area contributed by atoms with E-state index in [1.54, 1.807) is 18.6 Å². The summed E-state index contributed by atoms with van der Waals surface area (Å²) in [6.45, 7) is 4.71. The molecule has 0 aliphatic carbocycles. The average molecular weight is 293 g/mol. The summed E-state index contributed by atoms with van der Waals surface area (Å²) in [5.74, 6) is 0.650. The van der Waals surface area contributed by atoms with Crippen LogP contribution in [0.1, 0.15) is 19.4 Å². The standard InChI is InChI=1S/C18H19N3O/c1-13(2)21-16-5-6-17-15(10-16)7-9-20-18(17)22-12-14-4-3-8-19-11-14/h3-11,13,21H,12H2,1-2H3. The van der Waals surface area contributed by atoms with Crippen molar-refractivity contribution in [1.82, 2.24) is 9.97 Å². The van der Waals surface area contributed by atoms with Gasteiger partial charge in [0.25, 0.3) is 0 Å². The summed E-state index contributed by atoms with van der Waals surface area (Å²) < 4.78 is 5.85. The molecule has 0 bridgehead atoms. The number of rotatable bonds is 5. The van der Waals surface area contributed by atoms with Crippen molar-refractivity contribution in [3.63, 3.8) is 0 Å². The molecule has 22 heavy (non-hydrogen) atoms. The van der Waals surface area contributed by atoms with Crippen LogP contribution < -0.4 is 10.1 Å². The van der Waals surface area contributed by atoms with Gasteiger partial charge >= 0.3 is 0 Å². The Kier molecular flexibility index (Phi) is 4.19. The van der Waals surface area contributed by atoms with E-state index < -0.39 is 0 Å². The van der Waals surface area contributed by atoms with Crippen LogP contribution in [0.15, 0.2) is 55.0 Å². The largest absolute Gasteiger partial charge is 0.472 e. The number of aromatic nitrogens is 2. The van der Waals surface area contributed by atoms with Crippen LogP contribution in [0.5, 0.6) is 5.88 Å². The van der Waals surface area contributed by atoms with Crippen LogP contribution >= 0.6 is 0 Å². The Morgan fingerprint density at radius 1 is 1.14 bits per heavy atom. The smallest absolute Gasteiger partial charge is 0.221 e. The summed E-state index contributed by atoms with van der Waals surface area (Å²) in [6.07, 6.45) is 5.33. The first-order chi connectivity index (χ1) is 10.7. The van der Waals surface area contributed by atoms with Crippen LogP contribution in [-0.4, -0.2) is 16.0 Å². The number of hydrogen-bond donors (Lipinski definition) is 1. The van der Waals surface area contributed by atoms with Crippen molar-refractivity contribution >= 4 is 16.5 Å². The fraction of sp³-hybridized carbons (Fsp3) is 0.222. The maximum absolute atomic E-state index is 5.85. The molecule has 2 aromatic heterocycles. The molecule has 0 fully saturated rings. The lowest BCUT2D eigenvalue weighted by molar-refractivity contribution is 0.297. The molecule has 0 aliphatic rings. The molecule has 112 valence electrons. The Morgan fingerprint density at radius 2 is 2.05 bits per heavy atom. The highest BCUT2D eigenvalue weighted by Gasteiger charge is 2.05. The number of ether oxygens (including phenoxy) is 1. The van der Waals surface area contributed by atoms with E-state index in [2.05, 4.69) is 41.3 Å². The lowest BCUT2D eigenvalue weighted by Gasteiger charge is -2.12. The normalized spacial score (nSPS) is 10.9. The predicted molar refractivity (Wildman–Crippen MR) is 89.1 cm³/mol. The van der Waals surface area contributed by atoms with Gasteiger partial charge in [0.2, 0.25) is 5.88 Å². The molecule has 1 N–H and O–H groups in total. The Hall–Kier alpha value is -2.62. The van der Waals surface area contributed by atoms with Crippen molar-refractivity contribution in [1.29, 1.82) is 0 Å². The Labute approximate surface area is 130 Å². The van der Waals surface area contributed by atoms with Crippen LogP contribution in [0.3, 0.4) is 0 Å². The van der Waals surface area contributed by atoms with Gasteiger partial charge in [-0.3, -0.25) is 4.98 Å². The van der Waals surface area contributed by atoms with E-state index >= 15 is 0 Å². The van der Waals surface area contributed by atoms with Crippen molar-refractivity contribution in [2.45, 2.75) is 26.5 Å². The summed E-state index contributed by atoms with van der Waals surface area (Å²) in [4.78, 5) is 8.44. The average Bonchev–Trinajstić information content (AvgIpc) is 2.53. The first kappa shape index (κ1) is 14.3. The quantitative estimate of drug-likeness (QED) is 0.771. The van der Waals surface area contributed by atoms with Crippen molar-refractivity contribution in [2.75, 3.05) is 5.32 Å². The molecule has 2 heterocycles. The lowest BCUT2D eigenvalue weighted by Crippen LogP contribution is -2.09. The number of pyridine rings is 2. The minimum absolute atomic E-state index is 0.403. The Morgan fingerprint density at radius 3 is 2.82 bits per heavy atom. The van der Waals surface area contributed by atoms with Gasteiger partial charge in [-0.25, -0.2) is 4.98 Å². The highest BCUT2D eigenvalue weighted by molar-refractivity contribution is 5.89. The highest BCUT2D eigenvalue weighted by Crippen LogP contribution is 2.26. The van der Waals surface area contributed by atoms with Gasteiger partial charge in [-0.05, 0) is 49.6 Å². The SMILES string of the molecule is CC(C)Nc1ccc2c(OCc3cccnc3)nccc2c1. The topological polar surface area (TPSA) is 47.0 Å². The van der Waals surface area contributed by atoms with Gasteiger partial charge in [0.05, 0.1) is 0 Å². The summed E-state index contributed by atoms with van der Waals surface area (Å²) >= 11 is 0. The maximum atomic E-state index is 5.85. The monoisotopic (exact) mass is 293 g/mol. The van der Waals surface area contributed by atoms with Crippen LogP contribution in [0.2, 0.25) is 0 Å². The number of fused-ring (bicyclic) bond motifs is 1. The first-order valence-electron chi connectivity index (χ1n) is 7.39. The van der Waals surface area contributed by atoms with Gasteiger partial charge in [-0.2, -0.15) is 0 Å². The molecule has 0 radical (unpaired) electrons. The lowest BCUT2D eigenvalue weighted by atomic mass is 10.1. The molecule has 0 amide bonds. The zero-order valence-electron chi connectivity index (χ0n) is 12.8. The van der Waals surface area contributed by atoms with Gasteiger partial charge in [0.1, 0.15) is 6.61 Å². The molecule has 3 rings (SSSR count). The number of benzene rings is 1. The molecule has 0 unspecified atom stereocenters. The van der Waals surface area contributed by atoms with Crippen molar-refractivity contribution in [3.05, 3.63) is 60.6 Å². The summed E-state index contributed by atoms with van der Waals surface area (Å²) in [7, 11) is 0. The molecule has 0 saturated heterocycles. The van der Waals surface area contributed by atoms with E-state index in [4.69, 9.17) is 4.74 Å². The fourth-order valence-corrected chi connectivity index (χ4v) is 2.32. The van der Waals surface area contributed by atoms with E-state index in [0.717, 1.165) is 22.0 Å². The molecular formula is C18H19N3O. The Balaban J connectivity index is 1.84. The number of nitrogens with one attached hydrogen (secondary N) is 1. The molecule has 1 aromatic carbocycles. The van der Waals surface area contributed by atoms with Gasteiger partial charge < -0.3 is 10.1 Å². The molecule has 0 atom stereocenters. The van der Waals surface area contributed by atoms with Gasteiger partial charge in [-0.1, -0.05) is 6.07 Å². The second-order valence-electron chi connectivity index (χ2n) is 5.50. The first-order valence-corrected chi connectivity index (χ1v) is 7.39. The third-order valence-corrected chi connectivity index (χ3v) is 3.28. The van der Waals surface area contributed by atoms with Crippen molar-refractivity contribution < 1.29 is 4.74 Å². The highest BCUT2D eigenvalue weighted by atomic mass is 16.5. The third-order valence-electron chi connectivity index (χ3n) is 3.28. The van der Waals surface area contributed by atoms with E-state index in [-0.39, 0.29) is 0 Å². The second kappa shape index (κ2) is 6.43. The molecule has 3 aromatic rings. The van der Waals surface area contributed by atoms with Gasteiger partial charge in [-0.15, -0.1) is 0 Å². The van der Waals surface area contributed by atoms with Crippen molar-refractivity contribution in [2.24, 2.45) is 0 Å². The van der Waals surface area contributed by atoms with Gasteiger partial charge in [0.15, 0.2) is 0 Å². The van der Waals surface area contributed by atoms with Gasteiger partial charge in [0, 0.05) is 41.3 Å². The fourth-order valence-electron chi connectivity index (χ4n) is 2.32. The van der Waals surface area contributed by atoms with Crippen LogP contribution in [-0.2, 0) is 6.61 Å². The number of anilines is 1. The maximum Gasteiger partial charge on any atom is 0.221 e. The molecule has 4 nitrogen and oxygen atoms in total. The van der Waals surface area contributed by atoms with Crippen molar-refractivity contribution in [3.8, 4) is 5.88 Å². The van der Waals surface area contributed by atoms with Crippen LogP contribution in [0.4, 0.5) is 5.69 Å². The third kappa shape index (κ3) is 3.34. The number of hydrogen-bond acceptors (Lipinski definition) is 4. The predicted octanol–water partition coefficient (Wildman–Crippen LogP) is 4.03. The van der Waals surface area contributed by atoms with E-state index in [1.807, 2.05) is 24.3 Å². The van der Waals surface area contributed by atoms with Crippen LogP contribution in [0, 0.1) is 0 Å². The molecule has 4 heteroatoms. The zero-order valence-corrected chi connectivity index (χ0v) is 12.8. The van der Waals surface area contributed by atoms with E-state index in [1.165, 1.54) is 0 Å². The molecule has 0 spiro atoms. The molecular weight excluding hydrogens is 274 g/mol. The van der Waals surface area contributed by atoms with E-state index in [9.17, 15) is 0 Å². The second-order valence-corrected chi connectivity index (χ2v) is 5.50. The van der Waals surface area contributed by atoms with Crippen LogP contribution in [0.25, 0.3) is 10.8 Å².